The van der Waals surface area contributed by atoms with Gasteiger partial charge in [0.1, 0.15) is 18.1 Å². The predicted molar refractivity (Wildman–Crippen MR) is 138 cm³/mol. The van der Waals surface area contributed by atoms with Crippen LogP contribution in [0.3, 0.4) is 0 Å². The summed E-state index contributed by atoms with van der Waals surface area (Å²) in [4.78, 5) is 12.9. The maximum atomic E-state index is 12.9. The Hall–Kier alpha value is -4.74. The lowest BCUT2D eigenvalue weighted by Gasteiger charge is -2.29. The number of rotatable bonds is 1. The first kappa shape index (κ1) is 22.7. The van der Waals surface area contributed by atoms with Crippen molar-refractivity contribution in [2.24, 2.45) is 14.1 Å². The zero-order valence-corrected chi connectivity index (χ0v) is 20.3. The average Bonchev–Trinajstić information content (AvgIpc) is 3.36. The molecule has 6 bridgehead atoms. The van der Waals surface area contributed by atoms with Crippen molar-refractivity contribution in [2.45, 2.75) is 12.0 Å². The molecule has 0 amide bonds. The summed E-state index contributed by atoms with van der Waals surface area (Å²) in [7, 11) is 3.50. The van der Waals surface area contributed by atoms with Crippen LogP contribution in [0.2, 0.25) is 0 Å². The normalized spacial score (nSPS) is 16.7. The Balaban J connectivity index is 1.75. The van der Waals surface area contributed by atoms with Gasteiger partial charge < -0.3 is 19.0 Å². The number of aromatic nitrogens is 4. The number of aryl methyl sites for hydroxylation is 2. The monoisotopic (exact) mass is 489 g/mol. The Bertz CT molecular complexity index is 1800. The van der Waals surface area contributed by atoms with Gasteiger partial charge in [-0.2, -0.15) is 5.26 Å². The Labute approximate surface area is 212 Å². The van der Waals surface area contributed by atoms with E-state index in [0.717, 1.165) is 27.6 Å². The van der Waals surface area contributed by atoms with Crippen LogP contribution in [0.4, 0.5) is 0 Å². The molecule has 5 aromatic rings. The standard InChI is InChI=1S/C29H23N5O3/c1-33-17-31-32-28(33)29(36)21-8-9-25-24(13-21)23(15-27(35)34(25)2)19-5-3-4-18(12-19)10-11-37-26-14-22(29)7-6-20(26)16-30/h3-9,12-15,17,36H,10-11H2,1-2H3. The third kappa shape index (κ3) is 3.51. The fourth-order valence-electron chi connectivity index (χ4n) is 5.09. The number of pyridine rings is 1. The van der Waals surface area contributed by atoms with E-state index >= 15 is 0 Å². The van der Waals surface area contributed by atoms with Gasteiger partial charge in [-0.3, -0.25) is 4.79 Å². The largest absolute Gasteiger partial charge is 0.492 e. The molecule has 3 heterocycles. The van der Waals surface area contributed by atoms with Crippen molar-refractivity contribution < 1.29 is 9.84 Å². The number of aliphatic hydroxyl groups is 1. The summed E-state index contributed by atoms with van der Waals surface area (Å²) < 4.78 is 9.33. The number of nitrogens with zero attached hydrogens (tertiary/aromatic N) is 5. The highest BCUT2D eigenvalue weighted by atomic mass is 16.5. The Kier molecular flexibility index (Phi) is 5.18. The third-order valence-electron chi connectivity index (χ3n) is 7.11. The third-order valence-corrected chi connectivity index (χ3v) is 7.11. The van der Waals surface area contributed by atoms with Crippen LogP contribution >= 0.6 is 0 Å². The minimum atomic E-state index is -1.72. The number of fused-ring (bicyclic) bond motifs is 6. The molecule has 0 fully saturated rings. The second-order valence-electron chi connectivity index (χ2n) is 9.28. The van der Waals surface area contributed by atoms with Crippen molar-refractivity contribution in [1.82, 2.24) is 19.3 Å². The zero-order valence-electron chi connectivity index (χ0n) is 20.3. The summed E-state index contributed by atoms with van der Waals surface area (Å²) in [5.41, 5.74) is 3.03. The highest BCUT2D eigenvalue weighted by Crippen LogP contribution is 2.40. The Morgan fingerprint density at radius 1 is 1.05 bits per heavy atom. The van der Waals surface area contributed by atoms with Crippen molar-refractivity contribution in [3.05, 3.63) is 111 Å². The fraction of sp³-hybridized carbons (Fsp3) is 0.172. The molecule has 6 rings (SSSR count). The Morgan fingerprint density at radius 2 is 1.86 bits per heavy atom. The van der Waals surface area contributed by atoms with Crippen LogP contribution in [0.15, 0.2) is 77.9 Å². The first-order chi connectivity index (χ1) is 17.9. The van der Waals surface area contributed by atoms with Gasteiger partial charge in [0.15, 0.2) is 11.4 Å². The SMILES string of the molecule is Cn1cnnc1C1(O)c2ccc(C#N)c(c2)OCCc2cccc(c2)-c2cc(=O)n(C)c3ccc1cc23. The van der Waals surface area contributed by atoms with E-state index < -0.39 is 5.60 Å². The lowest BCUT2D eigenvalue weighted by molar-refractivity contribution is 0.111. The van der Waals surface area contributed by atoms with Gasteiger partial charge in [-0.25, -0.2) is 0 Å². The van der Waals surface area contributed by atoms with Crippen LogP contribution in [0.1, 0.15) is 28.1 Å². The molecule has 1 aliphatic heterocycles. The minimum Gasteiger partial charge on any atom is -0.492 e. The molecule has 0 spiro atoms. The van der Waals surface area contributed by atoms with Crippen LogP contribution in [-0.2, 0) is 26.1 Å². The first-order valence-electron chi connectivity index (χ1n) is 11.9. The second kappa shape index (κ2) is 8.43. The molecule has 1 N–H and O–H groups in total. The average molecular weight is 490 g/mol. The predicted octanol–water partition coefficient (Wildman–Crippen LogP) is 3.42. The summed E-state index contributed by atoms with van der Waals surface area (Å²) in [6.07, 6.45) is 2.13. The van der Waals surface area contributed by atoms with E-state index in [-0.39, 0.29) is 5.56 Å². The summed E-state index contributed by atoms with van der Waals surface area (Å²) in [6.45, 7) is 0.335. The van der Waals surface area contributed by atoms with Crippen LogP contribution in [0, 0.1) is 11.3 Å². The van der Waals surface area contributed by atoms with Crippen molar-refractivity contribution in [3.8, 4) is 22.9 Å². The number of benzene rings is 3. The molecule has 1 aliphatic rings. The van der Waals surface area contributed by atoms with E-state index in [2.05, 4.69) is 16.3 Å². The van der Waals surface area contributed by atoms with Crippen molar-refractivity contribution in [1.29, 1.82) is 5.26 Å². The maximum Gasteiger partial charge on any atom is 0.251 e. The van der Waals surface area contributed by atoms with Gasteiger partial charge in [0, 0.05) is 32.0 Å². The first-order valence-corrected chi connectivity index (χ1v) is 11.9. The number of ether oxygens (including phenoxy) is 1. The lowest BCUT2D eigenvalue weighted by atomic mass is 9.83. The van der Waals surface area contributed by atoms with Gasteiger partial charge in [-0.1, -0.05) is 36.4 Å². The summed E-state index contributed by atoms with van der Waals surface area (Å²) >= 11 is 0. The van der Waals surface area contributed by atoms with Crippen molar-refractivity contribution in [2.75, 3.05) is 6.61 Å². The molecule has 8 heteroatoms. The topological polar surface area (TPSA) is 106 Å². The highest BCUT2D eigenvalue weighted by Gasteiger charge is 2.39. The van der Waals surface area contributed by atoms with E-state index in [4.69, 9.17) is 4.74 Å². The molecule has 182 valence electrons. The molecular formula is C29H23N5O3. The van der Waals surface area contributed by atoms with Crippen molar-refractivity contribution >= 4 is 10.9 Å². The fourth-order valence-corrected chi connectivity index (χ4v) is 5.09. The summed E-state index contributed by atoms with van der Waals surface area (Å²) in [5, 5.41) is 31.3. The number of hydrogen-bond donors (Lipinski definition) is 1. The number of hydrogen-bond acceptors (Lipinski definition) is 6. The van der Waals surface area contributed by atoms with E-state index in [1.54, 1.807) is 53.6 Å². The molecule has 1 atom stereocenters. The molecular weight excluding hydrogens is 466 g/mol. The molecule has 3 aromatic carbocycles. The molecule has 2 aromatic heterocycles. The van der Waals surface area contributed by atoms with Gasteiger partial charge in [-0.15, -0.1) is 10.2 Å². The molecule has 0 radical (unpaired) electrons. The molecule has 1 unspecified atom stereocenters. The van der Waals surface area contributed by atoms with Crippen molar-refractivity contribution in [3.63, 3.8) is 0 Å². The summed E-state index contributed by atoms with van der Waals surface area (Å²) in [6, 6.07) is 22.4. The quantitative estimate of drug-likeness (QED) is 0.387. The molecule has 8 nitrogen and oxygen atoms in total. The molecule has 0 aliphatic carbocycles. The lowest BCUT2D eigenvalue weighted by Crippen LogP contribution is -2.32. The van der Waals surface area contributed by atoms with E-state index in [1.807, 2.05) is 36.4 Å². The van der Waals surface area contributed by atoms with Crippen LogP contribution in [0.25, 0.3) is 22.0 Å². The van der Waals surface area contributed by atoms with Crippen LogP contribution < -0.4 is 10.3 Å². The van der Waals surface area contributed by atoms with E-state index in [9.17, 15) is 15.2 Å². The highest BCUT2D eigenvalue weighted by molar-refractivity contribution is 5.95. The van der Waals surface area contributed by atoms with Gasteiger partial charge in [-0.05, 0) is 52.1 Å². The van der Waals surface area contributed by atoms with Crippen LogP contribution in [-0.4, -0.2) is 31.0 Å². The van der Waals surface area contributed by atoms with Crippen LogP contribution in [0.5, 0.6) is 5.75 Å². The van der Waals surface area contributed by atoms with Gasteiger partial charge in [0.2, 0.25) is 0 Å². The molecule has 0 saturated heterocycles. The Morgan fingerprint density at radius 3 is 2.65 bits per heavy atom. The summed E-state index contributed by atoms with van der Waals surface area (Å²) in [5.74, 6) is 0.695. The molecule has 0 saturated carbocycles. The smallest absolute Gasteiger partial charge is 0.251 e. The maximum absolute atomic E-state index is 12.9. The van der Waals surface area contributed by atoms with E-state index in [0.29, 0.717) is 41.3 Å². The minimum absolute atomic E-state index is 0.120. The zero-order chi connectivity index (χ0) is 25.7. The number of nitriles is 1. The van der Waals surface area contributed by atoms with Gasteiger partial charge >= 0.3 is 0 Å². The van der Waals surface area contributed by atoms with E-state index in [1.165, 1.54) is 6.33 Å². The van der Waals surface area contributed by atoms with Gasteiger partial charge in [0.05, 0.1) is 17.7 Å². The molecule has 37 heavy (non-hydrogen) atoms. The second-order valence-corrected chi connectivity index (χ2v) is 9.28. The van der Waals surface area contributed by atoms with Gasteiger partial charge in [0.25, 0.3) is 5.56 Å².